The van der Waals surface area contributed by atoms with E-state index >= 15 is 0 Å². The maximum absolute atomic E-state index is 12.4. The zero-order valence-electron chi connectivity index (χ0n) is 16.9. The molecule has 0 bridgehead atoms. The first-order valence-electron chi connectivity index (χ1n) is 9.61. The number of benzene rings is 1. The third kappa shape index (κ3) is 5.64. The third-order valence-corrected chi connectivity index (χ3v) is 4.30. The lowest BCUT2D eigenvalue weighted by Gasteiger charge is -2.09. The molecule has 3 aromatic rings. The molecule has 0 atom stereocenters. The second-order valence-corrected chi connectivity index (χ2v) is 6.51. The van der Waals surface area contributed by atoms with E-state index in [1.807, 2.05) is 30.3 Å². The maximum Gasteiger partial charge on any atom is 0.339 e. The molecule has 0 aliphatic heterocycles. The summed E-state index contributed by atoms with van der Waals surface area (Å²) in [6, 6.07) is 16.5. The zero-order valence-corrected chi connectivity index (χ0v) is 16.9. The molecule has 154 valence electrons. The van der Waals surface area contributed by atoms with Crippen molar-refractivity contribution in [3.05, 3.63) is 88.9 Å². The molecule has 30 heavy (non-hydrogen) atoms. The standard InChI is InChI=1S/C23H23N3O4/c1-3-29-23(28)19-9-10-20(26-16(19)2)22(27)25-14-18-11-12-24-21(13-18)30-15-17-7-5-4-6-8-17/h4-13H,3,14-15H2,1-2H3,(H,25,27). The molecule has 0 aliphatic carbocycles. The molecule has 0 unspecified atom stereocenters. The lowest BCUT2D eigenvalue weighted by Crippen LogP contribution is -2.24. The summed E-state index contributed by atoms with van der Waals surface area (Å²) in [5.74, 6) is -0.301. The Balaban J connectivity index is 1.58. The monoisotopic (exact) mass is 405 g/mol. The Morgan fingerprint density at radius 3 is 2.57 bits per heavy atom. The summed E-state index contributed by atoms with van der Waals surface area (Å²) in [7, 11) is 0. The van der Waals surface area contributed by atoms with Gasteiger partial charge in [-0.3, -0.25) is 4.79 Å². The minimum absolute atomic E-state index is 0.232. The second kappa shape index (κ2) is 10.2. The van der Waals surface area contributed by atoms with Crippen LogP contribution >= 0.6 is 0 Å². The van der Waals surface area contributed by atoms with Gasteiger partial charge in [-0.05, 0) is 43.2 Å². The summed E-state index contributed by atoms with van der Waals surface area (Å²) in [4.78, 5) is 32.7. The van der Waals surface area contributed by atoms with Crippen molar-refractivity contribution in [3.63, 3.8) is 0 Å². The van der Waals surface area contributed by atoms with Crippen molar-refractivity contribution in [1.29, 1.82) is 0 Å². The summed E-state index contributed by atoms with van der Waals surface area (Å²) in [5, 5.41) is 2.82. The van der Waals surface area contributed by atoms with E-state index < -0.39 is 5.97 Å². The molecule has 2 aromatic heterocycles. The minimum Gasteiger partial charge on any atom is -0.473 e. The minimum atomic E-state index is -0.450. The van der Waals surface area contributed by atoms with E-state index in [1.165, 1.54) is 6.07 Å². The lowest BCUT2D eigenvalue weighted by molar-refractivity contribution is 0.0524. The van der Waals surface area contributed by atoms with Crippen molar-refractivity contribution >= 4 is 11.9 Å². The molecule has 1 aromatic carbocycles. The summed E-state index contributed by atoms with van der Waals surface area (Å²) in [6.07, 6.45) is 1.64. The number of nitrogens with one attached hydrogen (secondary N) is 1. The maximum atomic E-state index is 12.4. The first kappa shape index (κ1) is 21.0. The molecule has 0 aliphatic rings. The van der Waals surface area contributed by atoms with Crippen molar-refractivity contribution in [1.82, 2.24) is 15.3 Å². The van der Waals surface area contributed by atoms with Gasteiger partial charge in [0.1, 0.15) is 12.3 Å². The normalized spacial score (nSPS) is 10.3. The Kier molecular flexibility index (Phi) is 7.10. The second-order valence-electron chi connectivity index (χ2n) is 6.51. The van der Waals surface area contributed by atoms with Crippen LogP contribution in [0.2, 0.25) is 0 Å². The van der Waals surface area contributed by atoms with Crippen molar-refractivity contribution in [3.8, 4) is 5.88 Å². The fourth-order valence-corrected chi connectivity index (χ4v) is 2.76. The average molecular weight is 405 g/mol. The number of aryl methyl sites for hydroxylation is 1. The highest BCUT2D eigenvalue weighted by Crippen LogP contribution is 2.13. The van der Waals surface area contributed by atoms with Gasteiger partial charge in [0.25, 0.3) is 5.91 Å². The molecule has 1 N–H and O–H groups in total. The van der Waals surface area contributed by atoms with Gasteiger partial charge in [0.05, 0.1) is 17.9 Å². The summed E-state index contributed by atoms with van der Waals surface area (Å²) in [6.45, 7) is 4.40. The number of rotatable bonds is 8. The van der Waals surface area contributed by atoms with Crippen LogP contribution in [0.15, 0.2) is 60.8 Å². The Morgan fingerprint density at radius 1 is 1.03 bits per heavy atom. The zero-order chi connectivity index (χ0) is 21.3. The van der Waals surface area contributed by atoms with Gasteiger partial charge < -0.3 is 14.8 Å². The van der Waals surface area contributed by atoms with Gasteiger partial charge in [-0.1, -0.05) is 30.3 Å². The van der Waals surface area contributed by atoms with Crippen LogP contribution in [0.3, 0.4) is 0 Å². The Morgan fingerprint density at radius 2 is 1.83 bits per heavy atom. The number of esters is 1. The lowest BCUT2D eigenvalue weighted by atomic mass is 10.2. The van der Waals surface area contributed by atoms with E-state index in [4.69, 9.17) is 9.47 Å². The molecule has 1 amide bonds. The molecule has 0 fully saturated rings. The van der Waals surface area contributed by atoms with Crippen LogP contribution in [0.4, 0.5) is 0 Å². The third-order valence-electron chi connectivity index (χ3n) is 4.30. The number of amides is 1. The number of hydrogen-bond donors (Lipinski definition) is 1. The molecule has 2 heterocycles. The quantitative estimate of drug-likeness (QED) is 0.577. The summed E-state index contributed by atoms with van der Waals surface area (Å²) >= 11 is 0. The van der Waals surface area contributed by atoms with E-state index in [2.05, 4.69) is 15.3 Å². The smallest absolute Gasteiger partial charge is 0.339 e. The molecule has 0 saturated carbocycles. The van der Waals surface area contributed by atoms with Crippen molar-refractivity contribution in [2.24, 2.45) is 0 Å². The molecule has 0 radical (unpaired) electrons. The topological polar surface area (TPSA) is 90.4 Å². The van der Waals surface area contributed by atoms with Gasteiger partial charge >= 0.3 is 5.97 Å². The predicted molar refractivity (Wildman–Crippen MR) is 111 cm³/mol. The SMILES string of the molecule is CCOC(=O)c1ccc(C(=O)NCc2ccnc(OCc3ccccc3)c2)nc1C. The summed E-state index contributed by atoms with van der Waals surface area (Å²) < 4.78 is 10.7. The number of carbonyl (C=O) groups excluding carboxylic acids is 2. The molecule has 0 spiro atoms. The van der Waals surface area contributed by atoms with Gasteiger partial charge in [0.2, 0.25) is 5.88 Å². The highest BCUT2D eigenvalue weighted by molar-refractivity contribution is 5.95. The van der Waals surface area contributed by atoms with Crippen LogP contribution in [-0.4, -0.2) is 28.5 Å². The van der Waals surface area contributed by atoms with Crippen LogP contribution in [-0.2, 0) is 17.9 Å². The van der Waals surface area contributed by atoms with Gasteiger partial charge in [0, 0.05) is 18.8 Å². The number of ether oxygens (including phenoxy) is 2. The fraction of sp³-hybridized carbons (Fsp3) is 0.217. The Labute approximate surface area is 175 Å². The fourth-order valence-electron chi connectivity index (χ4n) is 2.76. The number of carbonyl (C=O) groups is 2. The molecular weight excluding hydrogens is 382 g/mol. The van der Waals surface area contributed by atoms with Gasteiger partial charge in [0.15, 0.2) is 0 Å². The van der Waals surface area contributed by atoms with E-state index in [-0.39, 0.29) is 18.2 Å². The van der Waals surface area contributed by atoms with Crippen LogP contribution in [0, 0.1) is 6.92 Å². The number of nitrogens with zero attached hydrogens (tertiary/aromatic N) is 2. The summed E-state index contributed by atoms with van der Waals surface area (Å²) in [5.41, 5.74) is 2.92. The average Bonchev–Trinajstić information content (AvgIpc) is 2.77. The van der Waals surface area contributed by atoms with Crippen molar-refractivity contribution in [2.75, 3.05) is 6.61 Å². The highest BCUT2D eigenvalue weighted by Gasteiger charge is 2.14. The number of aromatic nitrogens is 2. The first-order valence-corrected chi connectivity index (χ1v) is 9.61. The molecule has 7 nitrogen and oxygen atoms in total. The Bertz CT molecular complexity index is 1020. The molecular formula is C23H23N3O4. The van der Waals surface area contributed by atoms with Gasteiger partial charge in [-0.2, -0.15) is 0 Å². The largest absolute Gasteiger partial charge is 0.473 e. The van der Waals surface area contributed by atoms with E-state index in [9.17, 15) is 9.59 Å². The van der Waals surface area contributed by atoms with Crippen LogP contribution < -0.4 is 10.1 Å². The van der Waals surface area contributed by atoms with Gasteiger partial charge in [-0.25, -0.2) is 14.8 Å². The predicted octanol–water partition coefficient (Wildman–Crippen LogP) is 3.47. The van der Waals surface area contributed by atoms with Crippen LogP contribution in [0.25, 0.3) is 0 Å². The van der Waals surface area contributed by atoms with E-state index in [1.54, 1.807) is 38.2 Å². The van der Waals surface area contributed by atoms with Gasteiger partial charge in [-0.15, -0.1) is 0 Å². The molecule has 0 saturated heterocycles. The van der Waals surface area contributed by atoms with Crippen molar-refractivity contribution in [2.45, 2.75) is 27.0 Å². The van der Waals surface area contributed by atoms with Crippen LogP contribution in [0.5, 0.6) is 5.88 Å². The van der Waals surface area contributed by atoms with Crippen molar-refractivity contribution < 1.29 is 19.1 Å². The van der Waals surface area contributed by atoms with E-state index in [0.29, 0.717) is 30.3 Å². The highest BCUT2D eigenvalue weighted by atomic mass is 16.5. The number of hydrogen-bond acceptors (Lipinski definition) is 6. The Hall–Kier alpha value is -3.74. The molecule has 3 rings (SSSR count). The molecule has 7 heteroatoms. The number of pyridine rings is 2. The van der Waals surface area contributed by atoms with E-state index in [0.717, 1.165) is 11.1 Å². The first-order chi connectivity index (χ1) is 14.6. The van der Waals surface area contributed by atoms with Crippen LogP contribution in [0.1, 0.15) is 44.6 Å².